The van der Waals surface area contributed by atoms with Gasteiger partial charge in [-0.05, 0) is 30.7 Å². The summed E-state index contributed by atoms with van der Waals surface area (Å²) in [5.41, 5.74) is 7.15. The van der Waals surface area contributed by atoms with E-state index >= 15 is 0 Å². The van der Waals surface area contributed by atoms with Crippen LogP contribution in [0.1, 0.15) is 34.6 Å². The highest BCUT2D eigenvalue weighted by Crippen LogP contribution is 2.26. The fraction of sp³-hybridized carbons (Fsp3) is 0.227. The number of amidine groups is 1. The molecule has 0 aliphatic carbocycles. The summed E-state index contributed by atoms with van der Waals surface area (Å²) in [6, 6.07) is 17.8. The third-order valence-electron chi connectivity index (χ3n) is 5.62. The predicted molar refractivity (Wildman–Crippen MR) is 111 cm³/mol. The Morgan fingerprint density at radius 3 is 2.83 bits per heavy atom. The molecule has 1 aromatic heterocycles. The molecule has 2 aliphatic rings. The Balaban J connectivity index is 1.46. The number of nitriles is 1. The summed E-state index contributed by atoms with van der Waals surface area (Å²) >= 11 is 0. The van der Waals surface area contributed by atoms with E-state index in [2.05, 4.69) is 38.9 Å². The lowest BCUT2D eigenvalue weighted by atomic mass is 10.1. The number of aromatic nitrogens is 1. The smallest absolute Gasteiger partial charge is 0.192 e. The molecule has 0 saturated carbocycles. The van der Waals surface area contributed by atoms with Crippen molar-refractivity contribution in [1.82, 2.24) is 20.7 Å². The summed E-state index contributed by atoms with van der Waals surface area (Å²) in [7, 11) is 0. The van der Waals surface area contributed by atoms with Crippen LogP contribution in [0.5, 0.6) is 0 Å². The van der Waals surface area contributed by atoms with Gasteiger partial charge in [-0.25, -0.2) is 10.4 Å². The molecule has 2 atom stereocenters. The first-order valence-corrected chi connectivity index (χ1v) is 9.59. The molecule has 2 unspecified atom stereocenters. The number of pyridine rings is 1. The van der Waals surface area contributed by atoms with Gasteiger partial charge in [0, 0.05) is 16.5 Å². The second-order valence-corrected chi connectivity index (χ2v) is 7.40. The Hall–Kier alpha value is -3.47. The Kier molecular flexibility index (Phi) is 4.16. The van der Waals surface area contributed by atoms with Crippen molar-refractivity contribution in [1.29, 1.82) is 5.26 Å². The summed E-state index contributed by atoms with van der Waals surface area (Å²) in [6.07, 6.45) is -0.339. The molecule has 0 radical (unpaired) electrons. The van der Waals surface area contributed by atoms with Gasteiger partial charge in [-0.3, -0.25) is 9.80 Å². The number of benzene rings is 2. The summed E-state index contributed by atoms with van der Waals surface area (Å²) in [5, 5.41) is 15.2. The first-order chi connectivity index (χ1) is 14.1. The minimum atomic E-state index is -0.339. The summed E-state index contributed by atoms with van der Waals surface area (Å²) in [4.78, 5) is 21.0. The largest absolute Gasteiger partial charge is 0.355 e. The first-order valence-electron chi connectivity index (χ1n) is 9.59. The van der Waals surface area contributed by atoms with Gasteiger partial charge in [0.25, 0.3) is 0 Å². The van der Waals surface area contributed by atoms with E-state index in [0.717, 1.165) is 18.1 Å². The van der Waals surface area contributed by atoms with Crippen molar-refractivity contribution in [2.24, 2.45) is 4.99 Å². The first kappa shape index (κ1) is 17.6. The molecule has 3 aromatic rings. The number of H-pyrrole nitrogens is 1. The quantitative estimate of drug-likeness (QED) is 0.630. The van der Waals surface area contributed by atoms with Crippen molar-refractivity contribution in [3.63, 3.8) is 0 Å². The molecule has 0 bridgehead atoms. The second kappa shape index (κ2) is 6.85. The number of hydrogen-bond acceptors (Lipinski definition) is 6. The Morgan fingerprint density at radius 1 is 1.21 bits per heavy atom. The van der Waals surface area contributed by atoms with E-state index < -0.39 is 0 Å². The molecule has 2 aromatic carbocycles. The van der Waals surface area contributed by atoms with Crippen LogP contribution >= 0.6 is 0 Å². The molecule has 7 heteroatoms. The summed E-state index contributed by atoms with van der Waals surface area (Å²) < 4.78 is 0. The predicted octanol–water partition coefficient (Wildman–Crippen LogP) is 2.27. The number of hydrogen-bond donors (Lipinski definition) is 3. The third kappa shape index (κ3) is 2.99. The van der Waals surface area contributed by atoms with Gasteiger partial charge in [0.15, 0.2) is 11.6 Å². The lowest BCUT2D eigenvalue weighted by Crippen LogP contribution is -2.52. The van der Waals surface area contributed by atoms with Crippen molar-refractivity contribution in [2.45, 2.75) is 19.1 Å². The molecule has 1 saturated heterocycles. The van der Waals surface area contributed by atoms with Crippen LogP contribution in [0.25, 0.3) is 10.9 Å². The van der Waals surface area contributed by atoms with Gasteiger partial charge in [0.1, 0.15) is 5.84 Å². The molecule has 0 amide bonds. The lowest BCUT2D eigenvalue weighted by molar-refractivity contribution is 0.246. The van der Waals surface area contributed by atoms with Crippen molar-refractivity contribution >= 4 is 16.7 Å². The number of nitrogens with zero attached hydrogens (tertiary/aromatic N) is 3. The van der Waals surface area contributed by atoms with E-state index in [0.29, 0.717) is 28.6 Å². The number of piperazine rings is 1. The zero-order valence-electron chi connectivity index (χ0n) is 15.9. The number of nitrogens with one attached hydrogen (secondary N) is 3. The van der Waals surface area contributed by atoms with E-state index in [9.17, 15) is 4.79 Å². The van der Waals surface area contributed by atoms with Crippen LogP contribution in [-0.4, -0.2) is 28.9 Å². The number of aliphatic imine (C=N–C) groups is 1. The fourth-order valence-electron chi connectivity index (χ4n) is 4.02. The number of rotatable bonds is 2. The molecular weight excluding hydrogens is 364 g/mol. The van der Waals surface area contributed by atoms with Crippen LogP contribution in [-0.2, 0) is 0 Å². The van der Waals surface area contributed by atoms with Gasteiger partial charge in [-0.2, -0.15) is 5.26 Å². The maximum absolute atomic E-state index is 12.9. The monoisotopic (exact) mass is 384 g/mol. The number of fused-ring (bicyclic) bond motifs is 2. The van der Waals surface area contributed by atoms with Crippen LogP contribution in [0.3, 0.4) is 0 Å². The van der Waals surface area contributed by atoms with Gasteiger partial charge in [0.2, 0.25) is 0 Å². The third-order valence-corrected chi connectivity index (χ3v) is 5.62. The van der Waals surface area contributed by atoms with Gasteiger partial charge in [0.05, 0.1) is 36.5 Å². The Bertz CT molecular complexity index is 1220. The number of hydrazine groups is 1. The fourth-order valence-corrected chi connectivity index (χ4v) is 4.02. The van der Waals surface area contributed by atoms with Crippen LogP contribution < -0.4 is 16.2 Å². The molecule has 3 N–H and O–H groups in total. The highest BCUT2D eigenvalue weighted by Gasteiger charge is 2.33. The molecule has 5 rings (SSSR count). The van der Waals surface area contributed by atoms with Crippen molar-refractivity contribution in [3.05, 3.63) is 81.1 Å². The maximum atomic E-state index is 12.9. The van der Waals surface area contributed by atoms with Crippen molar-refractivity contribution < 1.29 is 0 Å². The standard InChI is InChI=1S/C22H20N6O/c1-13-20(25-17-8-7-14(10-23)9-16(17)21(13)29)22-26-19-11-24-18(12-28(19)27-22)15-5-3-2-4-6-15/h2-9,18,22,24,27H,11-12H2,1H3,(H,25,29). The average Bonchev–Trinajstić information content (AvgIpc) is 3.19. The molecule has 0 spiro atoms. The zero-order chi connectivity index (χ0) is 20.0. The van der Waals surface area contributed by atoms with Gasteiger partial charge >= 0.3 is 0 Å². The maximum Gasteiger partial charge on any atom is 0.192 e. The van der Waals surface area contributed by atoms with Gasteiger partial charge in [-0.1, -0.05) is 30.3 Å². The normalized spacial score (nSPS) is 21.0. The van der Waals surface area contributed by atoms with Gasteiger partial charge in [-0.15, -0.1) is 0 Å². The minimum absolute atomic E-state index is 0.0713. The second-order valence-electron chi connectivity index (χ2n) is 7.40. The molecular formula is C22H20N6O. The average molecular weight is 384 g/mol. The van der Waals surface area contributed by atoms with E-state index in [-0.39, 0.29) is 17.6 Å². The molecule has 2 aliphatic heterocycles. The Labute approximate surface area is 167 Å². The highest BCUT2D eigenvalue weighted by molar-refractivity contribution is 5.86. The topological polar surface area (TPSA) is 96.3 Å². The van der Waals surface area contributed by atoms with Crippen LogP contribution in [0, 0.1) is 18.3 Å². The zero-order valence-corrected chi connectivity index (χ0v) is 15.9. The van der Waals surface area contributed by atoms with E-state index in [1.165, 1.54) is 5.56 Å². The molecule has 7 nitrogen and oxygen atoms in total. The van der Waals surface area contributed by atoms with E-state index in [1.807, 2.05) is 18.2 Å². The van der Waals surface area contributed by atoms with E-state index in [4.69, 9.17) is 10.3 Å². The number of aromatic amines is 1. The molecule has 29 heavy (non-hydrogen) atoms. The molecule has 1 fully saturated rings. The Morgan fingerprint density at radius 2 is 2.03 bits per heavy atom. The van der Waals surface area contributed by atoms with Crippen molar-refractivity contribution in [3.8, 4) is 6.07 Å². The summed E-state index contributed by atoms with van der Waals surface area (Å²) in [6.45, 7) is 3.21. The van der Waals surface area contributed by atoms with Crippen molar-refractivity contribution in [2.75, 3.05) is 13.1 Å². The molecule has 144 valence electrons. The SMILES string of the molecule is Cc1c(C2N=C3CNC(c4ccccc4)CN3N2)[nH]c2ccc(C#N)cc2c1=O. The lowest BCUT2D eigenvalue weighted by Gasteiger charge is -2.33. The minimum Gasteiger partial charge on any atom is -0.355 e. The van der Waals surface area contributed by atoms with Gasteiger partial charge < -0.3 is 10.3 Å². The van der Waals surface area contributed by atoms with E-state index in [1.54, 1.807) is 25.1 Å². The van der Waals surface area contributed by atoms with Crippen LogP contribution in [0.4, 0.5) is 0 Å². The van der Waals surface area contributed by atoms with Crippen LogP contribution in [0.15, 0.2) is 58.3 Å². The molecule has 3 heterocycles. The highest BCUT2D eigenvalue weighted by atomic mass is 16.1. The van der Waals surface area contributed by atoms with Crippen LogP contribution in [0.2, 0.25) is 0 Å². The summed E-state index contributed by atoms with van der Waals surface area (Å²) in [5.74, 6) is 0.933.